The van der Waals surface area contributed by atoms with Crippen molar-refractivity contribution in [3.63, 3.8) is 0 Å². The van der Waals surface area contributed by atoms with Crippen LogP contribution in [0.25, 0.3) is 0 Å². The first-order chi connectivity index (χ1) is 14.4. The van der Waals surface area contributed by atoms with Gasteiger partial charge in [-0.25, -0.2) is 4.79 Å². The summed E-state index contributed by atoms with van der Waals surface area (Å²) in [5, 5.41) is 2.88. The summed E-state index contributed by atoms with van der Waals surface area (Å²) in [5.41, 5.74) is 7.10. The second kappa shape index (κ2) is 7.91. The number of nitrogens with zero attached hydrogens (tertiary/aromatic N) is 1. The third kappa shape index (κ3) is 3.93. The second-order valence-electron chi connectivity index (χ2n) is 8.14. The fourth-order valence-corrected chi connectivity index (χ4v) is 4.24. The van der Waals surface area contributed by atoms with Gasteiger partial charge in [0.2, 0.25) is 5.91 Å². The smallest absolute Gasteiger partial charge is 0.339 e. The number of ether oxygens (including phenoxy) is 1. The molecule has 0 radical (unpaired) electrons. The van der Waals surface area contributed by atoms with E-state index in [0.717, 1.165) is 30.5 Å². The highest BCUT2D eigenvalue weighted by Gasteiger charge is 2.42. The van der Waals surface area contributed by atoms with Crippen LogP contribution >= 0.6 is 0 Å². The van der Waals surface area contributed by atoms with Gasteiger partial charge in [0.25, 0.3) is 5.91 Å². The highest BCUT2D eigenvalue weighted by molar-refractivity contribution is 6.02. The standard InChI is InChI=1S/C23H25N3O4/c1-23(13-16-7-2-3-9-18(16)21(28)30-23)22(29)25-17-8-4-6-15(12-17)14-26-11-5-10-19(26)20(24)27/h2-4,6-9,12,19H,5,10-11,13-14H2,1H3,(H2,24,27)(H,25,29). The number of esters is 1. The molecule has 2 heterocycles. The molecule has 156 valence electrons. The number of fused-ring (bicyclic) bond motifs is 1. The third-order valence-electron chi connectivity index (χ3n) is 5.83. The van der Waals surface area contributed by atoms with Gasteiger partial charge in [0, 0.05) is 18.7 Å². The van der Waals surface area contributed by atoms with E-state index in [1.165, 1.54) is 0 Å². The molecule has 2 amide bonds. The Morgan fingerprint density at radius 2 is 2.03 bits per heavy atom. The van der Waals surface area contributed by atoms with Crippen LogP contribution in [-0.2, 0) is 27.3 Å². The van der Waals surface area contributed by atoms with Crippen molar-refractivity contribution in [3.8, 4) is 0 Å². The van der Waals surface area contributed by atoms with E-state index in [0.29, 0.717) is 24.2 Å². The van der Waals surface area contributed by atoms with E-state index in [1.807, 2.05) is 30.3 Å². The van der Waals surface area contributed by atoms with E-state index in [4.69, 9.17) is 10.5 Å². The Hall–Kier alpha value is -3.19. The summed E-state index contributed by atoms with van der Waals surface area (Å²) in [6, 6.07) is 14.4. The minimum atomic E-state index is -1.28. The average Bonchev–Trinajstić information content (AvgIpc) is 3.16. The van der Waals surface area contributed by atoms with Gasteiger partial charge < -0.3 is 15.8 Å². The number of hydrogen-bond acceptors (Lipinski definition) is 5. The van der Waals surface area contributed by atoms with Crippen LogP contribution in [0.15, 0.2) is 48.5 Å². The number of hydrogen-bond donors (Lipinski definition) is 2. The minimum absolute atomic E-state index is 0.246. The van der Waals surface area contributed by atoms with Crippen LogP contribution in [0, 0.1) is 0 Å². The number of nitrogens with two attached hydrogens (primary N) is 1. The van der Waals surface area contributed by atoms with Gasteiger partial charge in [-0.1, -0.05) is 30.3 Å². The molecule has 1 fully saturated rings. The molecule has 0 saturated carbocycles. The molecule has 2 unspecified atom stereocenters. The summed E-state index contributed by atoms with van der Waals surface area (Å²) in [5.74, 6) is -1.17. The Kier molecular flexibility index (Phi) is 5.30. The van der Waals surface area contributed by atoms with E-state index in [9.17, 15) is 14.4 Å². The Morgan fingerprint density at radius 3 is 2.83 bits per heavy atom. The van der Waals surface area contributed by atoms with Gasteiger partial charge in [0.15, 0.2) is 5.60 Å². The van der Waals surface area contributed by atoms with Crippen LogP contribution in [-0.4, -0.2) is 40.9 Å². The summed E-state index contributed by atoms with van der Waals surface area (Å²) >= 11 is 0. The zero-order valence-electron chi connectivity index (χ0n) is 16.9. The molecule has 0 aliphatic carbocycles. The molecule has 2 aromatic carbocycles. The van der Waals surface area contributed by atoms with Crippen LogP contribution in [0.2, 0.25) is 0 Å². The lowest BCUT2D eigenvalue weighted by molar-refractivity contribution is -0.134. The molecule has 7 heteroatoms. The van der Waals surface area contributed by atoms with E-state index >= 15 is 0 Å². The van der Waals surface area contributed by atoms with Crippen molar-refractivity contribution in [2.45, 2.75) is 44.4 Å². The van der Waals surface area contributed by atoms with Crippen LogP contribution in [0.4, 0.5) is 5.69 Å². The molecule has 2 aliphatic rings. The van der Waals surface area contributed by atoms with Gasteiger partial charge >= 0.3 is 5.97 Å². The number of carbonyl (C=O) groups excluding carboxylic acids is 3. The predicted octanol–water partition coefficient (Wildman–Crippen LogP) is 2.25. The summed E-state index contributed by atoms with van der Waals surface area (Å²) in [6.07, 6.45) is 2.03. The monoisotopic (exact) mass is 407 g/mol. The van der Waals surface area contributed by atoms with E-state index in [1.54, 1.807) is 25.1 Å². The number of cyclic esters (lactones) is 1. The molecule has 0 aromatic heterocycles. The topological polar surface area (TPSA) is 102 Å². The maximum atomic E-state index is 13.0. The van der Waals surface area contributed by atoms with Gasteiger partial charge in [-0.3, -0.25) is 14.5 Å². The molecular weight excluding hydrogens is 382 g/mol. The zero-order valence-corrected chi connectivity index (χ0v) is 16.9. The van der Waals surface area contributed by atoms with Crippen molar-refractivity contribution in [2.75, 3.05) is 11.9 Å². The second-order valence-corrected chi connectivity index (χ2v) is 8.14. The molecule has 1 saturated heterocycles. The molecule has 7 nitrogen and oxygen atoms in total. The van der Waals surface area contributed by atoms with Gasteiger partial charge in [-0.05, 0) is 55.6 Å². The van der Waals surface area contributed by atoms with Gasteiger partial charge in [-0.2, -0.15) is 0 Å². The Bertz CT molecular complexity index is 1010. The van der Waals surface area contributed by atoms with Crippen LogP contribution in [0.3, 0.4) is 0 Å². The lowest BCUT2D eigenvalue weighted by Crippen LogP contribution is -2.48. The van der Waals surface area contributed by atoms with Crippen LogP contribution in [0.5, 0.6) is 0 Å². The number of nitrogens with one attached hydrogen (secondary N) is 1. The molecule has 2 atom stereocenters. The molecule has 3 N–H and O–H groups in total. The minimum Gasteiger partial charge on any atom is -0.445 e. The quantitative estimate of drug-likeness (QED) is 0.740. The first-order valence-electron chi connectivity index (χ1n) is 10.1. The molecule has 4 rings (SSSR count). The summed E-state index contributed by atoms with van der Waals surface area (Å²) in [7, 11) is 0. The first-order valence-corrected chi connectivity index (χ1v) is 10.1. The number of primary amides is 1. The van der Waals surface area contributed by atoms with Crippen LogP contribution in [0.1, 0.15) is 41.3 Å². The number of amides is 2. The van der Waals surface area contributed by atoms with E-state index in [-0.39, 0.29) is 17.9 Å². The fourth-order valence-electron chi connectivity index (χ4n) is 4.24. The largest absolute Gasteiger partial charge is 0.445 e. The van der Waals surface area contributed by atoms with Crippen LogP contribution < -0.4 is 11.1 Å². The van der Waals surface area contributed by atoms with Gasteiger partial charge in [0.05, 0.1) is 11.6 Å². The number of benzene rings is 2. The van der Waals surface area contributed by atoms with Crippen molar-refractivity contribution in [1.29, 1.82) is 0 Å². The maximum absolute atomic E-state index is 13.0. The third-order valence-corrected chi connectivity index (χ3v) is 5.83. The van der Waals surface area contributed by atoms with Crippen molar-refractivity contribution in [1.82, 2.24) is 4.90 Å². The van der Waals surface area contributed by atoms with Gasteiger partial charge in [-0.15, -0.1) is 0 Å². The lowest BCUT2D eigenvalue weighted by Gasteiger charge is -2.33. The molecule has 0 spiro atoms. The first kappa shape index (κ1) is 20.1. The lowest BCUT2D eigenvalue weighted by atomic mass is 9.89. The molecule has 30 heavy (non-hydrogen) atoms. The SMILES string of the molecule is CC1(C(=O)Nc2cccc(CN3CCCC3C(N)=O)c2)Cc2ccccc2C(=O)O1. The highest BCUT2D eigenvalue weighted by Crippen LogP contribution is 2.29. The number of likely N-dealkylation sites (tertiary alicyclic amines) is 1. The number of anilines is 1. The average molecular weight is 407 g/mol. The Morgan fingerprint density at radius 1 is 1.23 bits per heavy atom. The molecule has 0 bridgehead atoms. The number of rotatable bonds is 5. The normalized spacial score (nSPS) is 23.5. The summed E-state index contributed by atoms with van der Waals surface area (Å²) < 4.78 is 5.50. The Labute approximate surface area is 175 Å². The maximum Gasteiger partial charge on any atom is 0.339 e. The summed E-state index contributed by atoms with van der Waals surface area (Å²) in [6.45, 7) is 3.02. The molecular formula is C23H25N3O4. The molecule has 2 aromatic rings. The van der Waals surface area contributed by atoms with Gasteiger partial charge in [0.1, 0.15) is 0 Å². The fraction of sp³-hybridized carbons (Fsp3) is 0.348. The number of carbonyl (C=O) groups is 3. The highest BCUT2D eigenvalue weighted by atomic mass is 16.6. The Balaban J connectivity index is 1.47. The summed E-state index contributed by atoms with van der Waals surface area (Å²) in [4.78, 5) is 39.0. The van der Waals surface area contributed by atoms with Crippen molar-refractivity contribution in [2.24, 2.45) is 5.73 Å². The predicted molar refractivity (Wildman–Crippen MR) is 112 cm³/mol. The van der Waals surface area contributed by atoms with Crippen molar-refractivity contribution >= 4 is 23.5 Å². The zero-order chi connectivity index (χ0) is 21.3. The van der Waals surface area contributed by atoms with Crippen molar-refractivity contribution < 1.29 is 19.1 Å². The van der Waals surface area contributed by atoms with E-state index < -0.39 is 11.6 Å². The van der Waals surface area contributed by atoms with E-state index in [2.05, 4.69) is 10.2 Å². The van der Waals surface area contributed by atoms with Crippen molar-refractivity contribution in [3.05, 3.63) is 65.2 Å². The molecule has 2 aliphatic heterocycles.